The molecule has 5 radical (unpaired) electrons. The molecule has 5 heavy (non-hydrogen) atoms. The zero-order chi connectivity index (χ0) is 0. The van der Waals surface area contributed by atoms with E-state index in [1.54, 1.807) is 0 Å². The maximum absolute atomic E-state index is 0. The Kier molecular flexibility index (Phi) is 162. The van der Waals surface area contributed by atoms with Gasteiger partial charge in [-0.3, -0.25) is 0 Å². The van der Waals surface area contributed by atoms with Crippen molar-refractivity contribution in [3.05, 3.63) is 0 Å². The van der Waals surface area contributed by atoms with Crippen LogP contribution in [0.25, 0.3) is 0 Å². The SMILES string of the molecule is [Ba].[Cu].[La].[Mn].[Zn]. The molecule has 0 saturated carbocycles. The van der Waals surface area contributed by atoms with Gasteiger partial charge in [-0.15, -0.1) is 0 Å². The van der Waals surface area contributed by atoms with E-state index in [1.807, 2.05) is 0 Å². The van der Waals surface area contributed by atoms with Crippen molar-refractivity contribution in [2.24, 2.45) is 0 Å². The Labute approximate surface area is 134 Å². The van der Waals surface area contributed by atoms with Crippen molar-refractivity contribution in [2.75, 3.05) is 0 Å². The van der Waals surface area contributed by atoms with Crippen molar-refractivity contribution in [2.45, 2.75) is 0 Å². The quantitative estimate of drug-likeness (QED) is 0.433. The molecule has 0 bridgehead atoms. The molecule has 0 atom stereocenters. The van der Waals surface area contributed by atoms with Gasteiger partial charge in [0.25, 0.3) is 0 Å². The van der Waals surface area contributed by atoms with Crippen LogP contribution in [0.2, 0.25) is 0 Å². The Hall–Kier alpha value is 4.43. The van der Waals surface area contributed by atoms with Crippen LogP contribution in [-0.4, -0.2) is 48.9 Å². The van der Waals surface area contributed by atoms with E-state index in [9.17, 15) is 0 Å². The molecular formula is BaCuLaMnZn. The molecule has 0 N–H and O–H groups in total. The van der Waals surface area contributed by atoms with Crippen LogP contribution in [0, 0.1) is 35.6 Å². The van der Waals surface area contributed by atoms with E-state index in [0.29, 0.717) is 0 Å². The molecule has 0 spiro atoms. The topological polar surface area (TPSA) is 0 Å². The van der Waals surface area contributed by atoms with Crippen molar-refractivity contribution in [3.63, 3.8) is 0 Å². The largest absolute Gasteiger partial charge is 0 e. The summed E-state index contributed by atoms with van der Waals surface area (Å²) in [4.78, 5) is 0. The summed E-state index contributed by atoms with van der Waals surface area (Å²) in [6, 6.07) is 0. The minimum atomic E-state index is 0. The van der Waals surface area contributed by atoms with Gasteiger partial charge < -0.3 is 0 Å². The first-order chi connectivity index (χ1) is 0. The van der Waals surface area contributed by atoms with Gasteiger partial charge in [0.1, 0.15) is 0 Å². The van der Waals surface area contributed by atoms with Gasteiger partial charge in [0.05, 0.1) is 0 Å². The predicted octanol–water partition coefficient (Wildman–Crippen LogP) is -0.388. The second kappa shape index (κ2) is 23.7. The molecule has 0 unspecified atom stereocenters. The van der Waals surface area contributed by atoms with E-state index < -0.39 is 0 Å². The second-order valence-electron chi connectivity index (χ2n) is 0. The standard InChI is InChI=1S/Ba.Cu.La.Mn.Zn. The molecule has 0 aromatic heterocycles. The molecule has 5 heteroatoms. The van der Waals surface area contributed by atoms with Crippen molar-refractivity contribution in [1.29, 1.82) is 0 Å². The molecule has 0 heterocycles. The van der Waals surface area contributed by atoms with Crippen LogP contribution in [-0.2, 0) is 53.6 Å². The van der Waals surface area contributed by atoms with E-state index in [0.717, 1.165) is 0 Å². The maximum atomic E-state index is 0. The van der Waals surface area contributed by atoms with Crippen LogP contribution < -0.4 is 0 Å². The molecule has 0 amide bonds. The van der Waals surface area contributed by atoms with Crippen LogP contribution in [0.4, 0.5) is 0 Å². The van der Waals surface area contributed by atoms with Crippen molar-refractivity contribution >= 4 is 48.9 Å². The van der Waals surface area contributed by atoms with Crippen LogP contribution in [0.5, 0.6) is 0 Å². The van der Waals surface area contributed by atoms with Gasteiger partial charge in [-0.1, -0.05) is 0 Å². The Morgan fingerprint density at radius 3 is 1.00 bits per heavy atom. The monoisotopic (exact) mass is 459 g/mol. The van der Waals surface area contributed by atoms with Gasteiger partial charge in [-0.05, 0) is 0 Å². The van der Waals surface area contributed by atoms with Gasteiger partial charge >= 0.3 is 0 Å². The Bertz CT molecular complexity index is 11.6. The summed E-state index contributed by atoms with van der Waals surface area (Å²) in [6.45, 7) is 0. The smallest absolute Gasteiger partial charge is 0 e. The zero-order valence-corrected chi connectivity index (χ0v) is 15.8. The fraction of sp³-hybridized carbons (Fsp3) is 0. The van der Waals surface area contributed by atoms with Gasteiger partial charge in [0.2, 0.25) is 0 Å². The molecule has 0 aliphatic heterocycles. The minimum absolute atomic E-state index is 0. The molecule has 0 aliphatic rings. The van der Waals surface area contributed by atoms with Gasteiger partial charge in [-0.2, -0.15) is 0 Å². The van der Waals surface area contributed by atoms with Crippen LogP contribution in [0.15, 0.2) is 0 Å². The fourth-order valence-electron chi connectivity index (χ4n) is 0. The summed E-state index contributed by atoms with van der Waals surface area (Å²) >= 11 is 0. The first-order valence-corrected chi connectivity index (χ1v) is 0. The normalized spacial score (nSPS) is 0. The van der Waals surface area contributed by atoms with Gasteiger partial charge in [-0.25, -0.2) is 0 Å². The molecule has 0 aromatic carbocycles. The van der Waals surface area contributed by atoms with E-state index in [4.69, 9.17) is 0 Å². The van der Waals surface area contributed by atoms with Crippen molar-refractivity contribution in [1.82, 2.24) is 0 Å². The molecule has 0 rings (SSSR count). The Morgan fingerprint density at radius 2 is 1.00 bits per heavy atom. The minimum Gasteiger partial charge on any atom is 0 e. The van der Waals surface area contributed by atoms with E-state index >= 15 is 0 Å². The van der Waals surface area contributed by atoms with Crippen molar-refractivity contribution < 1.29 is 89.2 Å². The summed E-state index contributed by atoms with van der Waals surface area (Å²) in [7, 11) is 0. The predicted molar refractivity (Wildman–Crippen MR) is 5.75 cm³/mol. The maximum Gasteiger partial charge on any atom is 0 e. The zero-order valence-electron chi connectivity index (χ0n) is 2.67. The number of hydrogen-bond donors (Lipinski definition) is 0. The van der Waals surface area contributed by atoms with E-state index in [-0.39, 0.29) is 138 Å². The molecule has 0 aromatic rings. The molecule has 0 nitrogen and oxygen atoms in total. The molecule has 0 saturated heterocycles. The summed E-state index contributed by atoms with van der Waals surface area (Å²) in [6.07, 6.45) is 0. The molecule has 0 fully saturated rings. The Balaban J connectivity index is 0. The first kappa shape index (κ1) is 34.2. The average molecular weight is 460 g/mol. The van der Waals surface area contributed by atoms with Gasteiger partial charge in [0, 0.05) is 138 Å². The third kappa shape index (κ3) is 17.8. The second-order valence-corrected chi connectivity index (χ2v) is 0. The summed E-state index contributed by atoms with van der Waals surface area (Å²) < 4.78 is 0. The van der Waals surface area contributed by atoms with Crippen LogP contribution in [0.3, 0.4) is 0 Å². The van der Waals surface area contributed by atoms with Crippen LogP contribution in [0.1, 0.15) is 0 Å². The molecule has 25 valence electrons. The third-order valence-electron chi connectivity index (χ3n) is 0. The summed E-state index contributed by atoms with van der Waals surface area (Å²) in [5.41, 5.74) is 0. The summed E-state index contributed by atoms with van der Waals surface area (Å²) in [5.74, 6) is 0. The third-order valence-corrected chi connectivity index (χ3v) is 0. The number of hydrogen-bond acceptors (Lipinski definition) is 0. The number of rotatable bonds is 0. The Morgan fingerprint density at radius 1 is 1.00 bits per heavy atom. The molecule has 0 aliphatic carbocycles. The van der Waals surface area contributed by atoms with E-state index in [2.05, 4.69) is 0 Å². The van der Waals surface area contributed by atoms with E-state index in [1.165, 1.54) is 0 Å². The van der Waals surface area contributed by atoms with Gasteiger partial charge in [0.15, 0.2) is 0 Å². The first-order valence-electron chi connectivity index (χ1n) is 0. The fourth-order valence-corrected chi connectivity index (χ4v) is 0. The average Bonchev–Trinajstić information content (AvgIpc) is 0. The summed E-state index contributed by atoms with van der Waals surface area (Å²) in [5, 5.41) is 0. The molecular weight excluding hydrogens is 460 g/mol. The van der Waals surface area contributed by atoms with Crippen LogP contribution >= 0.6 is 0 Å². The van der Waals surface area contributed by atoms with Crippen molar-refractivity contribution in [3.8, 4) is 0 Å².